The number of nitrogens with two attached hydrogens (primary N) is 1. The Morgan fingerprint density at radius 3 is 2.78 bits per heavy atom. The minimum atomic E-state index is -0.538. The molecule has 2 atom stereocenters. The van der Waals surface area contributed by atoms with E-state index in [1.54, 1.807) is 14.0 Å². The summed E-state index contributed by atoms with van der Waals surface area (Å²) in [6.45, 7) is 3.57. The molecule has 0 saturated heterocycles. The number of methoxy groups -OCH3 is 1. The Balaban J connectivity index is 2.27. The number of benzene rings is 1. The molecule has 0 spiro atoms. The maximum Gasteiger partial charge on any atom is 0.223 e. The highest BCUT2D eigenvalue weighted by atomic mass is 16.5. The Kier molecular flexibility index (Phi) is 5.70. The minimum Gasteiger partial charge on any atom is -0.496 e. The number of carbonyl (C=O) groups is 1. The summed E-state index contributed by atoms with van der Waals surface area (Å²) in [5, 5.41) is 6.87. The number of para-hydroxylation sites is 1. The standard InChI is InChI=1S/C16H22N4O3/c1-10(17)8-9-14(21)19-15(16-18-11(2)23-20-16)12-6-4-5-7-13(12)22-3/h4-7,10,15H,8-9,17H2,1-3H3,(H,19,21). The van der Waals surface area contributed by atoms with Gasteiger partial charge in [0.1, 0.15) is 11.8 Å². The quantitative estimate of drug-likeness (QED) is 0.805. The molecule has 3 N–H and O–H groups in total. The van der Waals surface area contributed by atoms with E-state index in [1.165, 1.54) is 0 Å². The van der Waals surface area contributed by atoms with Crippen molar-refractivity contribution in [2.75, 3.05) is 7.11 Å². The molecule has 1 heterocycles. The predicted molar refractivity (Wildman–Crippen MR) is 84.9 cm³/mol. The fourth-order valence-corrected chi connectivity index (χ4v) is 2.21. The molecular formula is C16H22N4O3. The minimum absolute atomic E-state index is 0.0297. The van der Waals surface area contributed by atoms with Crippen LogP contribution in [0.25, 0.3) is 0 Å². The van der Waals surface area contributed by atoms with Crippen molar-refractivity contribution < 1.29 is 14.1 Å². The van der Waals surface area contributed by atoms with E-state index in [9.17, 15) is 4.79 Å². The number of ether oxygens (including phenoxy) is 1. The van der Waals surface area contributed by atoms with Gasteiger partial charge in [0.25, 0.3) is 0 Å². The fourth-order valence-electron chi connectivity index (χ4n) is 2.21. The molecule has 1 amide bonds. The van der Waals surface area contributed by atoms with Crippen molar-refractivity contribution in [3.63, 3.8) is 0 Å². The Bertz CT molecular complexity index is 654. The van der Waals surface area contributed by atoms with E-state index >= 15 is 0 Å². The largest absolute Gasteiger partial charge is 0.496 e. The second-order valence-corrected chi connectivity index (χ2v) is 5.43. The van der Waals surface area contributed by atoms with Crippen LogP contribution in [-0.2, 0) is 4.79 Å². The highest BCUT2D eigenvalue weighted by Gasteiger charge is 2.24. The van der Waals surface area contributed by atoms with Crippen molar-refractivity contribution in [1.29, 1.82) is 0 Å². The van der Waals surface area contributed by atoms with Gasteiger partial charge in [0.05, 0.1) is 7.11 Å². The van der Waals surface area contributed by atoms with Gasteiger partial charge < -0.3 is 20.3 Å². The van der Waals surface area contributed by atoms with Crippen LogP contribution in [0.15, 0.2) is 28.8 Å². The number of aromatic nitrogens is 2. The molecule has 1 aromatic heterocycles. The zero-order valence-electron chi connectivity index (χ0n) is 13.6. The summed E-state index contributed by atoms with van der Waals surface area (Å²) in [7, 11) is 1.58. The van der Waals surface area contributed by atoms with Gasteiger partial charge in [-0.05, 0) is 19.4 Å². The molecule has 0 radical (unpaired) electrons. The molecule has 1 aromatic carbocycles. The van der Waals surface area contributed by atoms with Crippen LogP contribution in [0, 0.1) is 6.92 Å². The van der Waals surface area contributed by atoms with Crippen molar-refractivity contribution in [3.8, 4) is 5.75 Å². The van der Waals surface area contributed by atoms with Gasteiger partial charge in [-0.15, -0.1) is 0 Å². The first-order chi connectivity index (χ1) is 11.0. The lowest BCUT2D eigenvalue weighted by molar-refractivity contribution is -0.121. The van der Waals surface area contributed by atoms with Gasteiger partial charge in [-0.2, -0.15) is 4.98 Å². The molecule has 124 valence electrons. The molecule has 2 aromatic rings. The third-order valence-electron chi connectivity index (χ3n) is 3.38. The van der Waals surface area contributed by atoms with Gasteiger partial charge in [0.15, 0.2) is 5.82 Å². The first kappa shape index (κ1) is 17.0. The first-order valence-electron chi connectivity index (χ1n) is 7.49. The average molecular weight is 318 g/mol. The molecule has 2 rings (SSSR count). The molecule has 0 saturated carbocycles. The van der Waals surface area contributed by atoms with E-state index in [1.807, 2.05) is 31.2 Å². The van der Waals surface area contributed by atoms with Gasteiger partial charge in [-0.25, -0.2) is 0 Å². The number of carbonyl (C=O) groups excluding carboxylic acids is 1. The Morgan fingerprint density at radius 1 is 1.43 bits per heavy atom. The lowest BCUT2D eigenvalue weighted by atomic mass is 10.0. The molecule has 7 nitrogen and oxygen atoms in total. The lowest BCUT2D eigenvalue weighted by Crippen LogP contribution is -2.31. The molecule has 0 aliphatic carbocycles. The second kappa shape index (κ2) is 7.73. The number of hydrogen-bond donors (Lipinski definition) is 2. The van der Waals surface area contributed by atoms with Gasteiger partial charge in [0.2, 0.25) is 11.8 Å². The Hall–Kier alpha value is -2.41. The van der Waals surface area contributed by atoms with E-state index in [0.717, 1.165) is 5.56 Å². The van der Waals surface area contributed by atoms with E-state index in [2.05, 4.69) is 15.5 Å². The molecule has 2 unspecified atom stereocenters. The third-order valence-corrected chi connectivity index (χ3v) is 3.38. The van der Waals surface area contributed by atoms with Crippen molar-refractivity contribution in [2.45, 2.75) is 38.8 Å². The van der Waals surface area contributed by atoms with Crippen LogP contribution in [0.3, 0.4) is 0 Å². The number of nitrogens with zero attached hydrogens (tertiary/aromatic N) is 2. The van der Waals surface area contributed by atoms with Crippen LogP contribution in [0.2, 0.25) is 0 Å². The molecule has 23 heavy (non-hydrogen) atoms. The molecule has 0 aliphatic rings. The van der Waals surface area contributed by atoms with Crippen LogP contribution in [0.4, 0.5) is 0 Å². The SMILES string of the molecule is COc1ccccc1C(NC(=O)CCC(C)N)c1noc(C)n1. The van der Waals surface area contributed by atoms with Crippen LogP contribution in [0.5, 0.6) is 5.75 Å². The summed E-state index contributed by atoms with van der Waals surface area (Å²) in [4.78, 5) is 16.5. The molecule has 0 bridgehead atoms. The van der Waals surface area contributed by atoms with Crippen LogP contribution >= 0.6 is 0 Å². The summed E-state index contributed by atoms with van der Waals surface area (Å²) < 4.78 is 10.4. The topological polar surface area (TPSA) is 103 Å². The second-order valence-electron chi connectivity index (χ2n) is 5.43. The lowest BCUT2D eigenvalue weighted by Gasteiger charge is -2.18. The maximum atomic E-state index is 12.2. The van der Waals surface area contributed by atoms with Gasteiger partial charge >= 0.3 is 0 Å². The monoisotopic (exact) mass is 318 g/mol. The smallest absolute Gasteiger partial charge is 0.223 e. The third kappa shape index (κ3) is 4.53. The number of nitrogens with one attached hydrogen (secondary N) is 1. The molecular weight excluding hydrogens is 296 g/mol. The van der Waals surface area contributed by atoms with E-state index in [-0.39, 0.29) is 11.9 Å². The summed E-state index contributed by atoms with van der Waals surface area (Å²) in [5.41, 5.74) is 6.47. The van der Waals surface area contributed by atoms with Gasteiger partial charge in [-0.1, -0.05) is 23.4 Å². The zero-order valence-corrected chi connectivity index (χ0v) is 13.6. The number of aryl methyl sites for hydroxylation is 1. The molecule has 0 aliphatic heterocycles. The first-order valence-corrected chi connectivity index (χ1v) is 7.49. The highest BCUT2D eigenvalue weighted by Crippen LogP contribution is 2.28. The van der Waals surface area contributed by atoms with Crippen molar-refractivity contribution in [3.05, 3.63) is 41.5 Å². The summed E-state index contributed by atoms with van der Waals surface area (Å²) in [6.07, 6.45) is 0.940. The van der Waals surface area contributed by atoms with E-state index in [4.69, 9.17) is 15.0 Å². The highest BCUT2D eigenvalue weighted by molar-refractivity contribution is 5.77. The average Bonchev–Trinajstić information content (AvgIpc) is 2.97. The van der Waals surface area contributed by atoms with Crippen molar-refractivity contribution >= 4 is 5.91 Å². The fraction of sp³-hybridized carbons (Fsp3) is 0.438. The van der Waals surface area contributed by atoms with Gasteiger partial charge in [-0.3, -0.25) is 4.79 Å². The van der Waals surface area contributed by atoms with Crippen LogP contribution in [0.1, 0.15) is 43.1 Å². The molecule has 7 heteroatoms. The van der Waals surface area contributed by atoms with Gasteiger partial charge in [0, 0.05) is 24.9 Å². The van der Waals surface area contributed by atoms with Crippen LogP contribution in [-0.4, -0.2) is 29.2 Å². The van der Waals surface area contributed by atoms with Crippen molar-refractivity contribution in [2.24, 2.45) is 5.73 Å². The zero-order chi connectivity index (χ0) is 16.8. The number of amides is 1. The summed E-state index contributed by atoms with van der Waals surface area (Å²) >= 11 is 0. The number of rotatable bonds is 7. The maximum absolute atomic E-state index is 12.2. The molecule has 0 fully saturated rings. The normalized spacial score (nSPS) is 13.4. The Labute approximate surface area is 135 Å². The summed E-state index contributed by atoms with van der Waals surface area (Å²) in [5.74, 6) is 1.35. The van der Waals surface area contributed by atoms with E-state index < -0.39 is 6.04 Å². The van der Waals surface area contributed by atoms with Crippen molar-refractivity contribution in [1.82, 2.24) is 15.5 Å². The predicted octanol–water partition coefficient (Wildman–Crippen LogP) is 1.72. The number of hydrogen-bond acceptors (Lipinski definition) is 6. The Morgan fingerprint density at radius 2 is 2.17 bits per heavy atom. The summed E-state index contributed by atoms with van der Waals surface area (Å²) in [6, 6.07) is 6.84. The van der Waals surface area contributed by atoms with Crippen LogP contribution < -0.4 is 15.8 Å². The van der Waals surface area contributed by atoms with E-state index in [0.29, 0.717) is 30.3 Å².